The minimum Gasteiger partial charge on any atom is -0.336 e. The van der Waals surface area contributed by atoms with E-state index in [1.54, 1.807) is 32.2 Å². The Bertz CT molecular complexity index is 784. The number of nitrogens with two attached hydrogens (primary N) is 1. The van der Waals surface area contributed by atoms with Gasteiger partial charge in [0.15, 0.2) is 0 Å². The van der Waals surface area contributed by atoms with Crippen LogP contribution in [0.1, 0.15) is 18.5 Å². The Morgan fingerprint density at radius 1 is 1.12 bits per heavy atom. The Morgan fingerprint density at radius 3 is 2.38 bits per heavy atom. The normalized spacial score (nSPS) is 13.0. The van der Waals surface area contributed by atoms with Gasteiger partial charge in [0, 0.05) is 18.8 Å². The van der Waals surface area contributed by atoms with Crippen LogP contribution < -0.4 is 11.1 Å². The molecule has 2 aromatic carbocycles. The van der Waals surface area contributed by atoms with Crippen LogP contribution in [-0.4, -0.2) is 30.3 Å². The van der Waals surface area contributed by atoms with E-state index in [1.807, 2.05) is 30.3 Å². The van der Waals surface area contributed by atoms with Crippen molar-refractivity contribution in [1.29, 1.82) is 0 Å². The lowest BCUT2D eigenvalue weighted by Crippen LogP contribution is -2.41. The first kappa shape index (κ1) is 20.2. The average molecular weight is 394 g/mol. The van der Waals surface area contributed by atoms with Crippen LogP contribution in [0.4, 0.5) is 5.69 Å². The Labute approximate surface area is 163 Å². The van der Waals surface area contributed by atoms with E-state index in [0.717, 1.165) is 5.56 Å². The number of hydrogen-bond acceptors (Lipinski definition) is 3. The fraction of sp³-hybridized carbons (Fsp3) is 0.263. The summed E-state index contributed by atoms with van der Waals surface area (Å²) in [6.07, 6.45) is 0. The van der Waals surface area contributed by atoms with Crippen LogP contribution in [-0.2, 0) is 9.59 Å². The molecule has 7 heteroatoms. The summed E-state index contributed by atoms with van der Waals surface area (Å²) in [5, 5.41) is 3.44. The monoisotopic (exact) mass is 393 g/mol. The van der Waals surface area contributed by atoms with Gasteiger partial charge in [-0.3, -0.25) is 9.59 Å². The molecule has 0 heterocycles. The van der Waals surface area contributed by atoms with Gasteiger partial charge in [-0.15, -0.1) is 0 Å². The van der Waals surface area contributed by atoms with E-state index in [-0.39, 0.29) is 18.4 Å². The quantitative estimate of drug-likeness (QED) is 0.784. The van der Waals surface area contributed by atoms with Gasteiger partial charge in [0.1, 0.15) is 0 Å². The van der Waals surface area contributed by atoms with Gasteiger partial charge < -0.3 is 16.0 Å². The molecule has 2 amide bonds. The van der Waals surface area contributed by atoms with Crippen LogP contribution in [0.15, 0.2) is 48.5 Å². The maximum absolute atomic E-state index is 12.6. The largest absolute Gasteiger partial charge is 0.336 e. The van der Waals surface area contributed by atoms with Gasteiger partial charge in [-0.1, -0.05) is 60.5 Å². The molecule has 0 radical (unpaired) electrons. The van der Waals surface area contributed by atoms with Crippen LogP contribution in [0.5, 0.6) is 0 Å². The Hall–Kier alpha value is -2.08. The number of benzene rings is 2. The van der Waals surface area contributed by atoms with Crippen molar-refractivity contribution in [3.8, 4) is 0 Å². The van der Waals surface area contributed by atoms with Gasteiger partial charge in [-0.25, -0.2) is 0 Å². The summed E-state index contributed by atoms with van der Waals surface area (Å²) in [4.78, 5) is 26.1. The first-order chi connectivity index (χ1) is 12.3. The topological polar surface area (TPSA) is 75.4 Å². The van der Waals surface area contributed by atoms with Crippen molar-refractivity contribution in [1.82, 2.24) is 4.90 Å². The van der Waals surface area contributed by atoms with Crippen LogP contribution in [0.3, 0.4) is 0 Å². The lowest BCUT2D eigenvalue weighted by molar-refractivity contribution is -0.137. The summed E-state index contributed by atoms with van der Waals surface area (Å²) < 4.78 is 0. The SMILES string of the molecule is CC(C(=O)N(C)CC(=O)Nc1ccc(Cl)c(Cl)c1)C(N)c1ccccc1. The lowest BCUT2D eigenvalue weighted by Gasteiger charge is -2.25. The summed E-state index contributed by atoms with van der Waals surface area (Å²) in [7, 11) is 1.57. The molecule has 0 aliphatic heterocycles. The lowest BCUT2D eigenvalue weighted by atomic mass is 9.94. The fourth-order valence-corrected chi connectivity index (χ4v) is 2.83. The van der Waals surface area contributed by atoms with Crippen LogP contribution in [0.25, 0.3) is 0 Å². The second-order valence-corrected chi connectivity index (χ2v) is 6.91. The van der Waals surface area contributed by atoms with E-state index >= 15 is 0 Å². The number of rotatable bonds is 6. The number of carbonyl (C=O) groups excluding carboxylic acids is 2. The highest BCUT2D eigenvalue weighted by atomic mass is 35.5. The van der Waals surface area contributed by atoms with Crippen molar-refractivity contribution in [2.75, 3.05) is 18.9 Å². The second-order valence-electron chi connectivity index (χ2n) is 6.10. The van der Waals surface area contributed by atoms with Crippen molar-refractivity contribution in [2.45, 2.75) is 13.0 Å². The molecular formula is C19H21Cl2N3O2. The Morgan fingerprint density at radius 2 is 1.77 bits per heavy atom. The predicted molar refractivity (Wildman–Crippen MR) is 105 cm³/mol. The first-order valence-corrected chi connectivity index (χ1v) is 8.85. The summed E-state index contributed by atoms with van der Waals surface area (Å²) >= 11 is 11.8. The highest BCUT2D eigenvalue weighted by Crippen LogP contribution is 2.25. The number of halogens is 2. The third kappa shape index (κ3) is 5.21. The zero-order valence-corrected chi connectivity index (χ0v) is 16.1. The summed E-state index contributed by atoms with van der Waals surface area (Å²) in [5.74, 6) is -0.995. The molecule has 26 heavy (non-hydrogen) atoms. The van der Waals surface area contributed by atoms with E-state index in [9.17, 15) is 9.59 Å². The molecule has 0 fully saturated rings. The molecule has 0 aromatic heterocycles. The minimum atomic E-state index is -0.458. The number of nitrogens with zero attached hydrogens (tertiary/aromatic N) is 1. The Kier molecular flexibility index (Phi) is 7.03. The molecule has 0 saturated carbocycles. The van der Waals surface area contributed by atoms with Crippen molar-refractivity contribution < 1.29 is 9.59 Å². The van der Waals surface area contributed by atoms with Crippen LogP contribution in [0, 0.1) is 5.92 Å². The highest BCUT2D eigenvalue weighted by Gasteiger charge is 2.25. The van der Waals surface area contributed by atoms with E-state index < -0.39 is 12.0 Å². The average Bonchev–Trinajstić information content (AvgIpc) is 2.63. The van der Waals surface area contributed by atoms with Gasteiger partial charge in [0.05, 0.1) is 22.5 Å². The fourth-order valence-electron chi connectivity index (χ4n) is 2.53. The molecule has 0 bridgehead atoms. The molecule has 2 rings (SSSR count). The van der Waals surface area contributed by atoms with Gasteiger partial charge in [-0.2, -0.15) is 0 Å². The zero-order valence-electron chi connectivity index (χ0n) is 14.6. The second kappa shape index (κ2) is 9.03. The van der Waals surface area contributed by atoms with Crippen molar-refractivity contribution in [3.63, 3.8) is 0 Å². The molecule has 0 aliphatic carbocycles. The maximum atomic E-state index is 12.6. The van der Waals surface area contributed by atoms with Gasteiger partial charge in [0.2, 0.25) is 11.8 Å². The summed E-state index contributed by atoms with van der Waals surface area (Å²) in [6.45, 7) is 1.66. The number of amides is 2. The number of hydrogen-bond donors (Lipinski definition) is 2. The summed E-state index contributed by atoms with van der Waals surface area (Å²) in [6, 6.07) is 13.7. The standard InChI is InChI=1S/C19H21Cl2N3O2/c1-12(18(22)13-6-4-3-5-7-13)19(26)24(2)11-17(25)23-14-8-9-15(20)16(21)10-14/h3-10,12,18H,11,22H2,1-2H3,(H,23,25). The van der Waals surface area contributed by atoms with Gasteiger partial charge in [0.25, 0.3) is 0 Å². The molecule has 2 aromatic rings. The number of nitrogens with one attached hydrogen (secondary N) is 1. The van der Waals surface area contributed by atoms with E-state index in [0.29, 0.717) is 15.7 Å². The smallest absolute Gasteiger partial charge is 0.243 e. The van der Waals surface area contributed by atoms with E-state index in [1.165, 1.54) is 4.90 Å². The molecule has 2 unspecified atom stereocenters. The minimum absolute atomic E-state index is 0.0923. The molecule has 0 saturated heterocycles. The molecule has 0 aliphatic rings. The zero-order chi connectivity index (χ0) is 19.3. The molecular weight excluding hydrogens is 373 g/mol. The van der Waals surface area contributed by atoms with Crippen molar-refractivity contribution in [2.24, 2.45) is 11.7 Å². The first-order valence-electron chi connectivity index (χ1n) is 8.10. The number of carbonyl (C=O) groups is 2. The molecule has 3 N–H and O–H groups in total. The van der Waals surface area contributed by atoms with E-state index in [4.69, 9.17) is 28.9 Å². The van der Waals surface area contributed by atoms with Crippen LogP contribution in [0.2, 0.25) is 10.0 Å². The number of anilines is 1. The molecule has 2 atom stereocenters. The van der Waals surface area contributed by atoms with Crippen LogP contribution >= 0.6 is 23.2 Å². The predicted octanol–water partition coefficient (Wildman–Crippen LogP) is 3.73. The van der Waals surface area contributed by atoms with Crippen molar-refractivity contribution >= 4 is 40.7 Å². The van der Waals surface area contributed by atoms with Gasteiger partial charge in [-0.05, 0) is 23.8 Å². The third-order valence-corrected chi connectivity index (χ3v) is 4.81. The van der Waals surface area contributed by atoms with Gasteiger partial charge >= 0.3 is 0 Å². The Balaban J connectivity index is 1.95. The molecule has 138 valence electrons. The number of likely N-dealkylation sites (N-methyl/N-ethyl adjacent to an activating group) is 1. The maximum Gasteiger partial charge on any atom is 0.243 e. The van der Waals surface area contributed by atoms with Crippen molar-refractivity contribution in [3.05, 3.63) is 64.1 Å². The molecule has 0 spiro atoms. The molecule has 5 nitrogen and oxygen atoms in total. The summed E-state index contributed by atoms with van der Waals surface area (Å²) in [5.41, 5.74) is 7.58. The highest BCUT2D eigenvalue weighted by molar-refractivity contribution is 6.42. The van der Waals surface area contributed by atoms with E-state index in [2.05, 4.69) is 5.32 Å². The third-order valence-electron chi connectivity index (χ3n) is 4.07.